The van der Waals surface area contributed by atoms with Crippen molar-refractivity contribution < 1.29 is 19.4 Å². The number of aliphatic carboxylic acids is 1. The van der Waals surface area contributed by atoms with E-state index in [1.807, 2.05) is 13.8 Å². The molecule has 110 valence electrons. The fourth-order valence-electron chi connectivity index (χ4n) is 1.51. The van der Waals surface area contributed by atoms with Crippen LogP contribution in [0.15, 0.2) is 12.3 Å². The number of pyridine rings is 1. The summed E-state index contributed by atoms with van der Waals surface area (Å²) in [5.41, 5.74) is 1.39. The monoisotopic (exact) mass is 281 g/mol. The zero-order valence-electron chi connectivity index (χ0n) is 11.6. The number of urea groups is 1. The van der Waals surface area contributed by atoms with Crippen LogP contribution >= 0.6 is 0 Å². The summed E-state index contributed by atoms with van der Waals surface area (Å²) in [6.07, 6.45) is 2.06. The van der Waals surface area contributed by atoms with Crippen LogP contribution in [0.3, 0.4) is 0 Å². The van der Waals surface area contributed by atoms with Gasteiger partial charge < -0.3 is 20.5 Å². The van der Waals surface area contributed by atoms with Gasteiger partial charge >= 0.3 is 12.0 Å². The molecule has 7 nitrogen and oxygen atoms in total. The first-order valence-electron chi connectivity index (χ1n) is 6.39. The molecule has 1 rings (SSSR count). The Balaban J connectivity index is 2.52. The third-order valence-corrected chi connectivity index (χ3v) is 2.37. The number of nitrogens with one attached hydrogen (secondary N) is 2. The van der Waals surface area contributed by atoms with Gasteiger partial charge in [0.15, 0.2) is 0 Å². The van der Waals surface area contributed by atoms with E-state index >= 15 is 0 Å². The zero-order chi connectivity index (χ0) is 15.0. The van der Waals surface area contributed by atoms with Crippen LogP contribution in [0, 0.1) is 6.92 Å². The molecule has 1 heterocycles. The molecule has 0 atom stereocenters. The molecule has 1 aromatic heterocycles. The van der Waals surface area contributed by atoms with Crippen LogP contribution in [-0.2, 0) is 4.79 Å². The van der Waals surface area contributed by atoms with Crippen molar-refractivity contribution in [1.29, 1.82) is 0 Å². The van der Waals surface area contributed by atoms with Gasteiger partial charge in [-0.2, -0.15) is 0 Å². The van der Waals surface area contributed by atoms with Crippen LogP contribution in [-0.4, -0.2) is 35.2 Å². The molecule has 20 heavy (non-hydrogen) atoms. The maximum Gasteiger partial charge on any atom is 0.319 e. The lowest BCUT2D eigenvalue weighted by atomic mass is 10.3. The Hall–Kier alpha value is -2.31. The Morgan fingerprint density at radius 1 is 1.45 bits per heavy atom. The van der Waals surface area contributed by atoms with Gasteiger partial charge in [-0.3, -0.25) is 4.79 Å². The molecule has 0 unspecified atom stereocenters. The average Bonchev–Trinajstić information content (AvgIpc) is 2.38. The molecule has 0 radical (unpaired) electrons. The molecular weight excluding hydrogens is 262 g/mol. The summed E-state index contributed by atoms with van der Waals surface area (Å²) >= 11 is 0. The normalized spacial score (nSPS) is 9.90. The number of amides is 2. The predicted octanol–water partition coefficient (Wildman–Crippen LogP) is 1.78. The predicted molar refractivity (Wildman–Crippen MR) is 74.0 cm³/mol. The van der Waals surface area contributed by atoms with Crippen molar-refractivity contribution in [2.24, 2.45) is 0 Å². The smallest absolute Gasteiger partial charge is 0.319 e. The zero-order valence-corrected chi connectivity index (χ0v) is 11.6. The maximum absolute atomic E-state index is 11.7. The van der Waals surface area contributed by atoms with Gasteiger partial charge in [-0.1, -0.05) is 0 Å². The minimum absolute atomic E-state index is 0.0243. The minimum atomic E-state index is -0.881. The van der Waals surface area contributed by atoms with Crippen molar-refractivity contribution in [1.82, 2.24) is 10.3 Å². The number of rotatable bonds is 7. The standard InChI is InChI=1S/C13H19N3O4/c1-3-20-12-10(7-9(2)8-15-12)16-13(19)14-6-4-5-11(17)18/h7-8H,3-6H2,1-2H3,(H,17,18)(H2,14,16,19). The highest BCUT2D eigenvalue weighted by molar-refractivity contribution is 5.90. The summed E-state index contributed by atoms with van der Waals surface area (Å²) in [7, 11) is 0. The summed E-state index contributed by atoms with van der Waals surface area (Å²) in [6.45, 7) is 4.43. The molecule has 7 heteroatoms. The summed E-state index contributed by atoms with van der Waals surface area (Å²) < 4.78 is 5.32. The highest BCUT2D eigenvalue weighted by atomic mass is 16.5. The van der Waals surface area contributed by atoms with Crippen molar-refractivity contribution in [3.05, 3.63) is 17.8 Å². The number of anilines is 1. The Labute approximate surface area is 117 Å². The third kappa shape index (κ3) is 5.55. The lowest BCUT2D eigenvalue weighted by Crippen LogP contribution is -2.30. The van der Waals surface area contributed by atoms with E-state index in [9.17, 15) is 9.59 Å². The molecule has 1 aromatic rings. The molecule has 0 saturated heterocycles. The Kier molecular flexibility index (Phi) is 6.28. The first kappa shape index (κ1) is 15.7. The highest BCUT2D eigenvalue weighted by Crippen LogP contribution is 2.22. The molecule has 0 aliphatic heterocycles. The molecule has 0 aliphatic rings. The van der Waals surface area contributed by atoms with Crippen LogP contribution in [0.1, 0.15) is 25.3 Å². The number of carbonyl (C=O) groups is 2. The Morgan fingerprint density at radius 3 is 2.85 bits per heavy atom. The van der Waals surface area contributed by atoms with E-state index in [-0.39, 0.29) is 6.42 Å². The van der Waals surface area contributed by atoms with Gasteiger partial charge in [0.2, 0.25) is 5.88 Å². The molecule has 0 saturated carbocycles. The van der Waals surface area contributed by atoms with Crippen molar-refractivity contribution in [3.63, 3.8) is 0 Å². The second-order valence-electron chi connectivity index (χ2n) is 4.18. The summed E-state index contributed by atoms with van der Waals surface area (Å²) in [5, 5.41) is 13.7. The summed E-state index contributed by atoms with van der Waals surface area (Å²) in [4.78, 5) is 26.1. The number of carboxylic acid groups (broad SMARTS) is 1. The van der Waals surface area contributed by atoms with E-state index in [4.69, 9.17) is 9.84 Å². The lowest BCUT2D eigenvalue weighted by molar-refractivity contribution is -0.137. The number of hydrogen-bond acceptors (Lipinski definition) is 4. The van der Waals surface area contributed by atoms with Crippen molar-refractivity contribution in [2.75, 3.05) is 18.5 Å². The van der Waals surface area contributed by atoms with Crippen molar-refractivity contribution in [2.45, 2.75) is 26.7 Å². The molecular formula is C13H19N3O4. The number of ether oxygens (including phenoxy) is 1. The van der Waals surface area contributed by atoms with Crippen LogP contribution in [0.4, 0.5) is 10.5 Å². The van der Waals surface area contributed by atoms with Crippen molar-refractivity contribution in [3.8, 4) is 5.88 Å². The van der Waals surface area contributed by atoms with Crippen LogP contribution in [0.25, 0.3) is 0 Å². The number of aryl methyl sites for hydroxylation is 1. The molecule has 0 bridgehead atoms. The Bertz CT molecular complexity index is 477. The average molecular weight is 281 g/mol. The first-order valence-corrected chi connectivity index (χ1v) is 6.39. The number of hydrogen-bond donors (Lipinski definition) is 3. The fraction of sp³-hybridized carbons (Fsp3) is 0.462. The van der Waals surface area contributed by atoms with E-state index in [1.54, 1.807) is 12.3 Å². The van der Waals surface area contributed by atoms with Gasteiger partial charge in [-0.15, -0.1) is 0 Å². The van der Waals surface area contributed by atoms with E-state index in [0.29, 0.717) is 31.1 Å². The Morgan fingerprint density at radius 2 is 2.20 bits per heavy atom. The van der Waals surface area contributed by atoms with Gasteiger partial charge in [0, 0.05) is 19.2 Å². The quantitative estimate of drug-likeness (QED) is 0.661. The second-order valence-corrected chi connectivity index (χ2v) is 4.18. The van der Waals surface area contributed by atoms with Gasteiger partial charge in [0.25, 0.3) is 0 Å². The number of aromatic nitrogens is 1. The molecule has 2 amide bonds. The van der Waals surface area contributed by atoms with Crippen molar-refractivity contribution >= 4 is 17.7 Å². The van der Waals surface area contributed by atoms with E-state index in [0.717, 1.165) is 5.56 Å². The minimum Gasteiger partial charge on any atom is -0.481 e. The van der Waals surface area contributed by atoms with Gasteiger partial charge in [-0.05, 0) is 31.9 Å². The molecule has 0 fully saturated rings. The van der Waals surface area contributed by atoms with Crippen LogP contribution < -0.4 is 15.4 Å². The maximum atomic E-state index is 11.7. The van der Waals surface area contributed by atoms with E-state index < -0.39 is 12.0 Å². The molecule has 0 aliphatic carbocycles. The van der Waals surface area contributed by atoms with E-state index in [2.05, 4.69) is 15.6 Å². The number of carboxylic acids is 1. The van der Waals surface area contributed by atoms with Crippen LogP contribution in [0.5, 0.6) is 5.88 Å². The van der Waals surface area contributed by atoms with Gasteiger partial charge in [-0.25, -0.2) is 9.78 Å². The lowest BCUT2D eigenvalue weighted by Gasteiger charge is -2.11. The molecule has 3 N–H and O–H groups in total. The summed E-state index contributed by atoms with van der Waals surface area (Å²) in [5.74, 6) is -0.521. The fourth-order valence-corrected chi connectivity index (χ4v) is 1.51. The number of nitrogens with zero attached hydrogens (tertiary/aromatic N) is 1. The topological polar surface area (TPSA) is 101 Å². The second kappa shape index (κ2) is 7.98. The summed E-state index contributed by atoms with van der Waals surface area (Å²) in [6, 6.07) is 1.35. The first-order chi connectivity index (χ1) is 9.52. The molecule has 0 spiro atoms. The van der Waals surface area contributed by atoms with E-state index in [1.165, 1.54) is 0 Å². The highest BCUT2D eigenvalue weighted by Gasteiger charge is 2.09. The molecule has 0 aromatic carbocycles. The van der Waals surface area contributed by atoms with Gasteiger partial charge in [0.1, 0.15) is 5.69 Å². The van der Waals surface area contributed by atoms with Crippen LogP contribution in [0.2, 0.25) is 0 Å². The SMILES string of the molecule is CCOc1ncc(C)cc1NC(=O)NCCCC(=O)O. The third-order valence-electron chi connectivity index (χ3n) is 2.37. The largest absolute Gasteiger partial charge is 0.481 e. The number of carbonyl (C=O) groups excluding carboxylic acids is 1. The van der Waals surface area contributed by atoms with Gasteiger partial charge in [0.05, 0.1) is 6.61 Å².